The Morgan fingerprint density at radius 2 is 1.77 bits per heavy atom. The Labute approximate surface area is 194 Å². The fraction of sp³-hybridized carbons (Fsp3) is 0.360. The molecule has 1 aromatic heterocycles. The number of unbranched alkanes of at least 4 members (excludes halogenated alkanes) is 1. The Hall–Kier alpha value is -2.30. The van der Waals surface area contributed by atoms with Crippen LogP contribution in [0.4, 0.5) is 0 Å². The Bertz CT molecular complexity index is 1000. The molecule has 0 amide bonds. The molecule has 0 saturated heterocycles. The maximum Gasteiger partial charge on any atom is 0.309 e. The molecule has 1 atom stereocenters. The third-order valence-corrected chi connectivity index (χ3v) is 6.11. The zero-order chi connectivity index (χ0) is 22.2. The highest BCUT2D eigenvalue weighted by Crippen LogP contribution is 2.27. The van der Waals surface area contributed by atoms with Crippen LogP contribution < -0.4 is 0 Å². The first-order valence-electron chi connectivity index (χ1n) is 10.6. The van der Waals surface area contributed by atoms with Crippen molar-refractivity contribution in [3.05, 3.63) is 87.4 Å². The molecular formula is C25H28Cl2N2O2. The molecule has 0 spiro atoms. The number of ether oxygens (including phenoxy) is 1. The summed E-state index contributed by atoms with van der Waals surface area (Å²) in [6.45, 7) is 2.71. The summed E-state index contributed by atoms with van der Waals surface area (Å²) in [5, 5.41) is 1.15. The third-order valence-electron chi connectivity index (χ3n) is 5.44. The molecule has 6 heteroatoms. The SMILES string of the molecule is CCCCc1nc(Cl)c(CC(Cc2ccccc2)C(=O)OC)n1Cc1ccccc1Cl. The lowest BCUT2D eigenvalue weighted by atomic mass is 9.95. The highest BCUT2D eigenvalue weighted by Gasteiger charge is 2.26. The van der Waals surface area contributed by atoms with Crippen molar-refractivity contribution in [3.63, 3.8) is 0 Å². The molecule has 3 aromatic rings. The van der Waals surface area contributed by atoms with Crippen LogP contribution in [0, 0.1) is 5.92 Å². The number of aromatic nitrogens is 2. The number of halogens is 2. The van der Waals surface area contributed by atoms with E-state index >= 15 is 0 Å². The second-order valence-corrected chi connectivity index (χ2v) is 8.43. The highest BCUT2D eigenvalue weighted by molar-refractivity contribution is 6.31. The number of imidazole rings is 1. The first-order valence-corrected chi connectivity index (χ1v) is 11.4. The number of esters is 1. The van der Waals surface area contributed by atoms with Gasteiger partial charge < -0.3 is 9.30 Å². The zero-order valence-electron chi connectivity index (χ0n) is 18.0. The molecule has 0 fully saturated rings. The van der Waals surface area contributed by atoms with Gasteiger partial charge in [-0.1, -0.05) is 85.1 Å². The normalized spacial score (nSPS) is 12.0. The van der Waals surface area contributed by atoms with Crippen molar-refractivity contribution < 1.29 is 9.53 Å². The average molecular weight is 459 g/mol. The third kappa shape index (κ3) is 6.11. The maximum atomic E-state index is 12.6. The van der Waals surface area contributed by atoms with Gasteiger partial charge in [-0.15, -0.1) is 0 Å². The van der Waals surface area contributed by atoms with E-state index in [1.807, 2.05) is 54.6 Å². The molecule has 0 N–H and O–H groups in total. The number of hydrogen-bond acceptors (Lipinski definition) is 3. The van der Waals surface area contributed by atoms with Crippen molar-refractivity contribution in [2.24, 2.45) is 5.92 Å². The molecule has 1 heterocycles. The summed E-state index contributed by atoms with van der Waals surface area (Å²) in [6.07, 6.45) is 3.92. The summed E-state index contributed by atoms with van der Waals surface area (Å²) in [4.78, 5) is 17.3. The quantitative estimate of drug-likeness (QED) is 0.342. The van der Waals surface area contributed by atoms with Gasteiger partial charge in [0.1, 0.15) is 5.82 Å². The number of nitrogens with zero attached hydrogens (tertiary/aromatic N) is 2. The summed E-state index contributed by atoms with van der Waals surface area (Å²) >= 11 is 13.0. The number of carbonyl (C=O) groups is 1. The summed E-state index contributed by atoms with van der Waals surface area (Å²) in [6, 6.07) is 17.7. The van der Waals surface area contributed by atoms with Crippen LogP contribution in [-0.4, -0.2) is 22.6 Å². The van der Waals surface area contributed by atoms with Crippen LogP contribution in [0.25, 0.3) is 0 Å². The van der Waals surface area contributed by atoms with Gasteiger partial charge in [-0.2, -0.15) is 0 Å². The number of carbonyl (C=O) groups excluding carboxylic acids is 1. The van der Waals surface area contributed by atoms with Crippen LogP contribution in [0.3, 0.4) is 0 Å². The minimum absolute atomic E-state index is 0.250. The second-order valence-electron chi connectivity index (χ2n) is 7.66. The highest BCUT2D eigenvalue weighted by atomic mass is 35.5. The van der Waals surface area contributed by atoms with Gasteiger partial charge >= 0.3 is 5.97 Å². The van der Waals surface area contributed by atoms with Crippen molar-refractivity contribution in [1.82, 2.24) is 9.55 Å². The van der Waals surface area contributed by atoms with Gasteiger partial charge in [0, 0.05) is 17.9 Å². The lowest BCUT2D eigenvalue weighted by Gasteiger charge is -2.18. The van der Waals surface area contributed by atoms with Gasteiger partial charge in [-0.25, -0.2) is 4.98 Å². The number of benzene rings is 2. The Morgan fingerprint density at radius 1 is 1.06 bits per heavy atom. The molecule has 0 aliphatic heterocycles. The fourth-order valence-corrected chi connectivity index (χ4v) is 4.22. The van der Waals surface area contributed by atoms with E-state index in [1.165, 1.54) is 7.11 Å². The predicted molar refractivity (Wildman–Crippen MR) is 126 cm³/mol. The largest absolute Gasteiger partial charge is 0.469 e. The van der Waals surface area contributed by atoms with Crippen molar-refractivity contribution in [2.75, 3.05) is 7.11 Å². The second kappa shape index (κ2) is 11.4. The fourth-order valence-electron chi connectivity index (χ4n) is 3.75. The monoisotopic (exact) mass is 458 g/mol. The predicted octanol–water partition coefficient (Wildman–Crippen LogP) is 6.16. The van der Waals surface area contributed by atoms with Crippen LogP contribution in [0.15, 0.2) is 54.6 Å². The Balaban J connectivity index is 1.96. The van der Waals surface area contributed by atoms with Gasteiger partial charge in [0.15, 0.2) is 5.15 Å². The number of aryl methyl sites for hydroxylation is 1. The lowest BCUT2D eigenvalue weighted by molar-refractivity contribution is -0.145. The first kappa shape index (κ1) is 23.4. The minimum Gasteiger partial charge on any atom is -0.469 e. The molecule has 2 aromatic carbocycles. The summed E-state index contributed by atoms with van der Waals surface area (Å²) in [5.41, 5.74) is 2.92. The van der Waals surface area contributed by atoms with Crippen molar-refractivity contribution in [1.29, 1.82) is 0 Å². The van der Waals surface area contributed by atoms with Gasteiger partial charge in [0.25, 0.3) is 0 Å². The van der Waals surface area contributed by atoms with E-state index < -0.39 is 0 Å². The summed E-state index contributed by atoms with van der Waals surface area (Å²) in [7, 11) is 1.43. The van der Waals surface area contributed by atoms with Crippen LogP contribution in [0.1, 0.15) is 42.4 Å². The number of methoxy groups -OCH3 is 1. The molecule has 0 aliphatic rings. The molecule has 1 unspecified atom stereocenters. The molecular weight excluding hydrogens is 431 g/mol. The van der Waals surface area contributed by atoms with Gasteiger partial charge in [0.2, 0.25) is 0 Å². The van der Waals surface area contributed by atoms with Gasteiger partial charge in [-0.05, 0) is 30.0 Å². The van der Waals surface area contributed by atoms with Crippen molar-refractivity contribution in [2.45, 2.75) is 45.6 Å². The molecule has 4 nitrogen and oxygen atoms in total. The van der Waals surface area contributed by atoms with Crippen LogP contribution in [-0.2, 0) is 35.3 Å². The molecule has 0 radical (unpaired) electrons. The Morgan fingerprint density at radius 3 is 2.45 bits per heavy atom. The van der Waals surface area contributed by atoms with E-state index in [0.29, 0.717) is 29.6 Å². The lowest BCUT2D eigenvalue weighted by Crippen LogP contribution is -2.23. The van der Waals surface area contributed by atoms with Gasteiger partial charge in [0.05, 0.1) is 25.3 Å². The molecule has 3 rings (SSSR count). The van der Waals surface area contributed by atoms with E-state index in [1.54, 1.807) is 0 Å². The summed E-state index contributed by atoms with van der Waals surface area (Å²) in [5.74, 6) is 0.316. The Kier molecular flexibility index (Phi) is 8.56. The van der Waals surface area contributed by atoms with Crippen LogP contribution in [0.5, 0.6) is 0 Å². The summed E-state index contributed by atoms with van der Waals surface area (Å²) < 4.78 is 7.24. The molecule has 164 valence electrons. The first-order chi connectivity index (χ1) is 15.0. The van der Waals surface area contributed by atoms with E-state index in [4.69, 9.17) is 27.9 Å². The van der Waals surface area contributed by atoms with Gasteiger partial charge in [-0.3, -0.25) is 4.79 Å². The average Bonchev–Trinajstić information content (AvgIpc) is 3.07. The standard InChI is InChI=1S/C25H28Cl2N2O2/c1-3-4-14-23-28-24(27)22(29(23)17-19-12-8-9-13-21(19)26)16-20(25(30)31-2)15-18-10-6-5-7-11-18/h5-13,20H,3-4,14-17H2,1-2H3. The van der Waals surface area contributed by atoms with Crippen molar-refractivity contribution >= 4 is 29.2 Å². The number of hydrogen-bond donors (Lipinski definition) is 0. The van der Waals surface area contributed by atoms with E-state index in [0.717, 1.165) is 41.9 Å². The molecule has 0 saturated carbocycles. The molecule has 0 bridgehead atoms. The number of rotatable bonds is 10. The smallest absolute Gasteiger partial charge is 0.309 e. The zero-order valence-corrected chi connectivity index (χ0v) is 19.5. The van der Waals surface area contributed by atoms with Crippen LogP contribution in [0.2, 0.25) is 10.2 Å². The van der Waals surface area contributed by atoms with E-state index in [-0.39, 0.29) is 11.9 Å². The van der Waals surface area contributed by atoms with Crippen LogP contribution >= 0.6 is 23.2 Å². The molecule has 31 heavy (non-hydrogen) atoms. The molecule has 0 aliphatic carbocycles. The van der Waals surface area contributed by atoms with E-state index in [2.05, 4.69) is 16.5 Å². The minimum atomic E-state index is -0.356. The van der Waals surface area contributed by atoms with Crippen molar-refractivity contribution in [3.8, 4) is 0 Å². The topological polar surface area (TPSA) is 44.1 Å². The maximum absolute atomic E-state index is 12.6. The van der Waals surface area contributed by atoms with E-state index in [9.17, 15) is 4.79 Å².